The SMILES string of the molecule is CC(C)(C)N1CC1.CC(C)(C)N1CCC1.CC(C)(C)N1CCCC1.CC(C)(C)N1CCSCC1.CC(C)(C)n1ccnc1.CC1CCN(C(C)(C)C)CC1.CC1CN(C(C)(C)C)CC(C)O1.CN1CCN(C(C)(C)C)CC1. The third-order valence-corrected chi connectivity index (χ3v) is 17.0. The van der Waals surface area contributed by atoms with E-state index in [9.17, 15) is 0 Å². The van der Waals surface area contributed by atoms with Crippen LogP contribution in [0.15, 0.2) is 18.7 Å². The van der Waals surface area contributed by atoms with E-state index in [0.717, 1.165) is 19.0 Å². The first-order valence-corrected chi connectivity index (χ1v) is 32.2. The molecule has 12 heteroatoms. The van der Waals surface area contributed by atoms with E-state index in [2.05, 4.69) is 255 Å². The van der Waals surface area contributed by atoms with Gasteiger partial charge < -0.3 is 14.2 Å². The van der Waals surface area contributed by atoms with Gasteiger partial charge in [0.25, 0.3) is 0 Å². The predicted octanol–water partition coefficient (Wildman–Crippen LogP) is 13.4. The normalized spacial score (nSPS) is 23.6. The molecule has 77 heavy (non-hydrogen) atoms. The third-order valence-electron chi connectivity index (χ3n) is 16.0. The number of imidazole rings is 1. The zero-order valence-corrected chi connectivity index (χ0v) is 57.8. The van der Waals surface area contributed by atoms with Gasteiger partial charge in [0.15, 0.2) is 0 Å². The van der Waals surface area contributed by atoms with E-state index >= 15 is 0 Å². The molecule has 7 fully saturated rings. The Hall–Kier alpha value is -0.800. The van der Waals surface area contributed by atoms with Crippen molar-refractivity contribution in [2.45, 2.75) is 276 Å². The van der Waals surface area contributed by atoms with Crippen molar-refractivity contribution in [2.75, 3.05) is 123 Å². The van der Waals surface area contributed by atoms with Gasteiger partial charge in [0.05, 0.1) is 18.5 Å². The topological polar surface area (TPSA) is 52.7 Å². The molecule has 0 radical (unpaired) electrons. The summed E-state index contributed by atoms with van der Waals surface area (Å²) in [5, 5.41) is 0. The number of hydrogen-bond donors (Lipinski definition) is 0. The van der Waals surface area contributed by atoms with E-state index in [1.54, 1.807) is 6.20 Å². The summed E-state index contributed by atoms with van der Waals surface area (Å²) in [6.07, 6.45) is 13.3. The van der Waals surface area contributed by atoms with E-state index in [1.807, 2.05) is 12.5 Å². The average Bonchev–Trinajstić information content (AvgIpc) is 3.68. The largest absolute Gasteiger partial charge is 0.373 e. The fourth-order valence-corrected chi connectivity index (χ4v) is 10.8. The summed E-state index contributed by atoms with van der Waals surface area (Å²) < 4.78 is 7.75. The van der Waals surface area contributed by atoms with Gasteiger partial charge in [0, 0.05) is 134 Å². The standard InChI is InChI=1S/C10H21NO.C10H21N.C9H20N2.C8H17NS.C8H17N.C7H12N2.C7H15N.C6H13N/c1-8-6-11(10(3,4)5)7-9(2)12-8;1-9-5-7-11(8-6-9)10(2,3)4;1-9(2,3)11-7-5-10(4)6-8-11;1-8(2,3)9-4-6-10-7-5-9;1-8(2,3)9-6-4-5-7-9;1-7(2,3)9-5-4-8-6-9;1-7(2,3)8-5-4-6-8;1-6(2,3)7-4-5-7/h8-9H,6-7H2,1-5H3;9H,5-8H2,1-4H3;5-8H2,1-4H3;4-7H2,1-3H3;4-7H2,1-3H3;4-6H,1-3H3;4-6H2,1-3H3;4-5H2,1-3H3. The molecule has 0 N–H and O–H groups in total. The molecule has 0 bridgehead atoms. The molecule has 0 aliphatic carbocycles. The Morgan fingerprint density at radius 3 is 0.935 bits per heavy atom. The number of piperidine rings is 1. The van der Waals surface area contributed by atoms with Crippen LogP contribution < -0.4 is 0 Å². The maximum atomic E-state index is 5.67. The van der Waals surface area contributed by atoms with Crippen LogP contribution in [0, 0.1) is 5.92 Å². The molecule has 0 amide bonds. The van der Waals surface area contributed by atoms with Crippen LogP contribution in [0.3, 0.4) is 0 Å². The second kappa shape index (κ2) is 32.9. The molecular formula is C65H136N10OS. The van der Waals surface area contributed by atoms with Gasteiger partial charge in [-0.1, -0.05) is 6.92 Å². The lowest BCUT2D eigenvalue weighted by molar-refractivity contribution is -0.0924. The highest BCUT2D eigenvalue weighted by atomic mass is 32.2. The van der Waals surface area contributed by atoms with Crippen molar-refractivity contribution in [2.24, 2.45) is 5.92 Å². The first-order chi connectivity index (χ1) is 34.9. The van der Waals surface area contributed by atoms with E-state index in [1.165, 1.54) is 135 Å². The highest BCUT2D eigenvalue weighted by Gasteiger charge is 2.32. The van der Waals surface area contributed by atoms with E-state index in [4.69, 9.17) is 4.74 Å². The van der Waals surface area contributed by atoms with Crippen LogP contribution >= 0.6 is 11.8 Å². The Morgan fingerprint density at radius 1 is 0.377 bits per heavy atom. The van der Waals surface area contributed by atoms with Crippen LogP contribution in [-0.2, 0) is 10.3 Å². The van der Waals surface area contributed by atoms with Gasteiger partial charge in [0.1, 0.15) is 0 Å². The van der Waals surface area contributed by atoms with Crippen LogP contribution in [-0.4, -0.2) is 223 Å². The number of likely N-dealkylation sites (tertiary alicyclic amines) is 3. The van der Waals surface area contributed by atoms with Crippen LogP contribution in [0.1, 0.15) is 219 Å². The third kappa shape index (κ3) is 33.2. The first kappa shape index (κ1) is 74.2. The fourth-order valence-electron chi connectivity index (χ4n) is 9.87. The summed E-state index contributed by atoms with van der Waals surface area (Å²) in [5.74, 6) is 3.59. The molecule has 1 aromatic rings. The van der Waals surface area contributed by atoms with Crippen molar-refractivity contribution in [1.82, 2.24) is 48.8 Å². The zero-order chi connectivity index (χ0) is 59.4. The summed E-state index contributed by atoms with van der Waals surface area (Å²) in [6.45, 7) is 81.0. The smallest absolute Gasteiger partial charge is 0.0950 e. The molecule has 0 aromatic carbocycles. The molecule has 7 saturated heterocycles. The molecule has 8 heterocycles. The Bertz CT molecular complexity index is 1570. The van der Waals surface area contributed by atoms with Gasteiger partial charge in [-0.3, -0.25) is 34.3 Å². The summed E-state index contributed by atoms with van der Waals surface area (Å²) in [5.41, 5.74) is 2.89. The van der Waals surface area contributed by atoms with Gasteiger partial charge in [-0.15, -0.1) is 0 Å². The molecule has 0 saturated carbocycles. The van der Waals surface area contributed by atoms with Crippen LogP contribution in [0.5, 0.6) is 0 Å². The minimum atomic E-state index is 0.177. The molecule has 8 rings (SSSR count). The number of morpholine rings is 1. The number of thioether (sulfide) groups is 1. The van der Waals surface area contributed by atoms with Crippen molar-refractivity contribution in [3.8, 4) is 0 Å². The van der Waals surface area contributed by atoms with Crippen LogP contribution in [0.2, 0.25) is 0 Å². The minimum Gasteiger partial charge on any atom is -0.373 e. The molecule has 2 unspecified atom stereocenters. The highest BCUT2D eigenvalue weighted by molar-refractivity contribution is 7.99. The van der Waals surface area contributed by atoms with Gasteiger partial charge in [-0.05, 0) is 264 Å². The maximum absolute atomic E-state index is 5.67. The van der Waals surface area contributed by atoms with Crippen molar-refractivity contribution < 1.29 is 4.74 Å². The maximum Gasteiger partial charge on any atom is 0.0950 e. The quantitative estimate of drug-likeness (QED) is 0.234. The van der Waals surface area contributed by atoms with Crippen molar-refractivity contribution in [3.63, 3.8) is 0 Å². The number of piperazine rings is 1. The molecule has 1 aromatic heterocycles. The van der Waals surface area contributed by atoms with Crippen molar-refractivity contribution in [1.29, 1.82) is 0 Å². The summed E-state index contributed by atoms with van der Waals surface area (Å²) in [6, 6.07) is 0. The highest BCUT2D eigenvalue weighted by Crippen LogP contribution is 2.25. The van der Waals surface area contributed by atoms with Crippen molar-refractivity contribution >= 4 is 11.8 Å². The first-order valence-electron chi connectivity index (χ1n) is 31.1. The van der Waals surface area contributed by atoms with E-state index < -0.39 is 0 Å². The molecule has 0 spiro atoms. The number of nitrogens with zero attached hydrogens (tertiary/aromatic N) is 10. The lowest BCUT2D eigenvalue weighted by Gasteiger charge is -2.43. The Kier molecular flexibility index (Phi) is 31.7. The number of rotatable bonds is 0. The van der Waals surface area contributed by atoms with Gasteiger partial charge in [0.2, 0.25) is 0 Å². The molecule has 7 aliphatic rings. The zero-order valence-electron chi connectivity index (χ0n) is 57.0. The van der Waals surface area contributed by atoms with Crippen molar-refractivity contribution in [3.05, 3.63) is 18.7 Å². The number of aromatic nitrogens is 2. The monoisotopic (exact) mass is 1110 g/mol. The number of ether oxygens (including phenoxy) is 1. The van der Waals surface area contributed by atoms with Gasteiger partial charge >= 0.3 is 0 Å². The lowest BCUT2D eigenvalue weighted by Crippen LogP contribution is -2.53. The fraction of sp³-hybridized carbons (Fsp3) is 0.954. The summed E-state index contributed by atoms with van der Waals surface area (Å²) in [7, 11) is 2.19. The molecule has 458 valence electrons. The molecule has 2 atom stereocenters. The van der Waals surface area contributed by atoms with Crippen LogP contribution in [0.25, 0.3) is 0 Å². The van der Waals surface area contributed by atoms with Crippen LogP contribution in [0.4, 0.5) is 0 Å². The predicted molar refractivity (Wildman–Crippen MR) is 344 cm³/mol. The molecular weight excluding hydrogens is 969 g/mol. The summed E-state index contributed by atoms with van der Waals surface area (Å²) in [4.78, 5) is 24.0. The minimum absolute atomic E-state index is 0.177. The average molecular weight is 1110 g/mol. The van der Waals surface area contributed by atoms with E-state index in [-0.39, 0.29) is 11.1 Å². The lowest BCUT2D eigenvalue weighted by atomic mass is 9.95. The Morgan fingerprint density at radius 2 is 0.688 bits per heavy atom. The molecule has 7 aliphatic heterocycles. The Balaban J connectivity index is 0.000000442. The van der Waals surface area contributed by atoms with Gasteiger partial charge in [-0.2, -0.15) is 11.8 Å². The Labute approximate surface area is 486 Å². The number of hydrogen-bond acceptors (Lipinski definition) is 11. The summed E-state index contributed by atoms with van der Waals surface area (Å²) >= 11 is 2.07. The van der Waals surface area contributed by atoms with Gasteiger partial charge in [-0.25, -0.2) is 4.98 Å². The number of likely N-dealkylation sites (N-methyl/N-ethyl adjacent to an activating group) is 1. The van der Waals surface area contributed by atoms with E-state index in [0.29, 0.717) is 45.4 Å². The second-order valence-electron chi connectivity index (χ2n) is 31.6. The second-order valence-corrected chi connectivity index (χ2v) is 32.8. The molecule has 11 nitrogen and oxygen atoms in total.